The number of hydrogen-bond donors (Lipinski definition) is 1. The Morgan fingerprint density at radius 3 is 3.00 bits per heavy atom. The Bertz CT molecular complexity index is 130. The molecule has 0 radical (unpaired) electrons. The fourth-order valence-corrected chi connectivity index (χ4v) is 2.69. The molecule has 0 bridgehead atoms. The third kappa shape index (κ3) is 3.65. The summed E-state index contributed by atoms with van der Waals surface area (Å²) in [6.07, 6.45) is 4.91. The SMILES string of the molecule is O=C(O)CCCC1CCCS1. The van der Waals surface area contributed by atoms with Crippen LogP contribution < -0.4 is 0 Å². The van der Waals surface area contributed by atoms with Gasteiger partial charge in [-0.15, -0.1) is 0 Å². The lowest BCUT2D eigenvalue weighted by atomic mass is 10.1. The van der Waals surface area contributed by atoms with Crippen LogP contribution in [-0.2, 0) is 4.79 Å². The average Bonchev–Trinajstić information content (AvgIpc) is 2.39. The van der Waals surface area contributed by atoms with E-state index in [0.29, 0.717) is 6.42 Å². The predicted octanol–water partition coefficient (Wildman–Crippen LogP) is 2.14. The van der Waals surface area contributed by atoms with Gasteiger partial charge in [-0.1, -0.05) is 0 Å². The smallest absolute Gasteiger partial charge is 0.303 e. The Labute approximate surface area is 71.4 Å². The summed E-state index contributed by atoms with van der Waals surface area (Å²) in [5.74, 6) is 0.616. The molecule has 0 saturated carbocycles. The van der Waals surface area contributed by atoms with Gasteiger partial charge in [-0.2, -0.15) is 11.8 Å². The second kappa shape index (κ2) is 4.65. The largest absolute Gasteiger partial charge is 0.481 e. The lowest BCUT2D eigenvalue weighted by Gasteiger charge is -2.05. The first-order valence-electron chi connectivity index (χ1n) is 4.12. The van der Waals surface area contributed by atoms with Crippen molar-refractivity contribution >= 4 is 17.7 Å². The molecule has 1 saturated heterocycles. The summed E-state index contributed by atoms with van der Waals surface area (Å²) in [4.78, 5) is 10.2. The summed E-state index contributed by atoms with van der Waals surface area (Å²) in [5.41, 5.74) is 0. The highest BCUT2D eigenvalue weighted by Gasteiger charge is 2.14. The van der Waals surface area contributed by atoms with Crippen molar-refractivity contribution in [2.75, 3.05) is 5.75 Å². The Kier molecular flexibility index (Phi) is 3.77. The summed E-state index contributed by atoms with van der Waals surface area (Å²) in [5, 5.41) is 9.14. The van der Waals surface area contributed by atoms with Gasteiger partial charge >= 0.3 is 5.97 Å². The van der Waals surface area contributed by atoms with Crippen LogP contribution in [0.3, 0.4) is 0 Å². The molecule has 1 heterocycles. The quantitative estimate of drug-likeness (QED) is 0.709. The lowest BCUT2D eigenvalue weighted by molar-refractivity contribution is -0.137. The van der Waals surface area contributed by atoms with Crippen LogP contribution in [0.15, 0.2) is 0 Å². The van der Waals surface area contributed by atoms with Crippen molar-refractivity contribution in [1.82, 2.24) is 0 Å². The molecule has 11 heavy (non-hydrogen) atoms. The molecule has 1 aliphatic heterocycles. The molecule has 1 rings (SSSR count). The zero-order valence-electron chi connectivity index (χ0n) is 6.58. The highest BCUT2D eigenvalue weighted by molar-refractivity contribution is 8.00. The molecule has 1 N–H and O–H groups in total. The number of rotatable bonds is 4. The van der Waals surface area contributed by atoms with E-state index in [1.165, 1.54) is 18.6 Å². The molecule has 0 amide bonds. The van der Waals surface area contributed by atoms with Gasteiger partial charge in [0.25, 0.3) is 0 Å². The van der Waals surface area contributed by atoms with Crippen LogP contribution in [0.5, 0.6) is 0 Å². The zero-order chi connectivity index (χ0) is 8.10. The van der Waals surface area contributed by atoms with Gasteiger partial charge in [0.05, 0.1) is 0 Å². The van der Waals surface area contributed by atoms with Gasteiger partial charge < -0.3 is 5.11 Å². The van der Waals surface area contributed by atoms with E-state index >= 15 is 0 Å². The van der Waals surface area contributed by atoms with Crippen molar-refractivity contribution < 1.29 is 9.90 Å². The maximum absolute atomic E-state index is 10.2. The number of carboxylic acids is 1. The monoisotopic (exact) mass is 174 g/mol. The van der Waals surface area contributed by atoms with E-state index in [1.807, 2.05) is 11.8 Å². The van der Waals surface area contributed by atoms with Crippen molar-refractivity contribution in [2.45, 2.75) is 37.4 Å². The predicted molar refractivity (Wildman–Crippen MR) is 47.0 cm³/mol. The van der Waals surface area contributed by atoms with E-state index < -0.39 is 5.97 Å². The summed E-state index contributed by atoms with van der Waals surface area (Å²) in [6.45, 7) is 0. The molecule has 1 unspecified atom stereocenters. The van der Waals surface area contributed by atoms with Gasteiger partial charge in [0, 0.05) is 11.7 Å². The topological polar surface area (TPSA) is 37.3 Å². The van der Waals surface area contributed by atoms with Gasteiger partial charge in [-0.25, -0.2) is 0 Å². The minimum atomic E-state index is -0.659. The summed E-state index contributed by atoms with van der Waals surface area (Å²) in [7, 11) is 0. The van der Waals surface area contributed by atoms with E-state index in [4.69, 9.17) is 5.11 Å². The molecular formula is C8H14O2S. The maximum Gasteiger partial charge on any atom is 0.303 e. The van der Waals surface area contributed by atoms with Gasteiger partial charge in [-0.05, 0) is 31.4 Å². The standard InChI is InChI=1S/C8H14O2S/c9-8(10)5-1-3-7-4-2-6-11-7/h7H,1-6H2,(H,9,10). The summed E-state index contributed by atoms with van der Waals surface area (Å²) in [6, 6.07) is 0. The van der Waals surface area contributed by atoms with Crippen molar-refractivity contribution in [1.29, 1.82) is 0 Å². The number of hydrogen-bond acceptors (Lipinski definition) is 2. The molecule has 1 fully saturated rings. The van der Waals surface area contributed by atoms with Crippen molar-refractivity contribution in [2.24, 2.45) is 0 Å². The van der Waals surface area contributed by atoms with Gasteiger partial charge in [0.1, 0.15) is 0 Å². The van der Waals surface area contributed by atoms with Crippen molar-refractivity contribution in [3.8, 4) is 0 Å². The minimum Gasteiger partial charge on any atom is -0.481 e. The highest BCUT2D eigenvalue weighted by atomic mass is 32.2. The Balaban J connectivity index is 1.98. The maximum atomic E-state index is 10.2. The Morgan fingerprint density at radius 1 is 1.64 bits per heavy atom. The molecule has 0 aromatic heterocycles. The second-order valence-electron chi connectivity index (χ2n) is 2.92. The van der Waals surface area contributed by atoms with Gasteiger partial charge in [0.2, 0.25) is 0 Å². The highest BCUT2D eigenvalue weighted by Crippen LogP contribution is 2.29. The molecule has 64 valence electrons. The summed E-state index contributed by atoms with van der Waals surface area (Å²) < 4.78 is 0. The first-order chi connectivity index (χ1) is 5.29. The van der Waals surface area contributed by atoms with Crippen LogP contribution in [0, 0.1) is 0 Å². The second-order valence-corrected chi connectivity index (χ2v) is 4.33. The molecule has 1 atom stereocenters. The Hall–Kier alpha value is -0.180. The number of thioether (sulfide) groups is 1. The molecule has 3 heteroatoms. The molecule has 0 spiro atoms. The minimum absolute atomic E-state index is 0.344. The van der Waals surface area contributed by atoms with E-state index in [1.54, 1.807) is 0 Å². The number of carbonyl (C=O) groups is 1. The van der Waals surface area contributed by atoms with Gasteiger partial charge in [-0.3, -0.25) is 4.79 Å². The zero-order valence-corrected chi connectivity index (χ0v) is 7.40. The third-order valence-corrected chi connectivity index (χ3v) is 3.41. The molecule has 0 aliphatic carbocycles. The van der Waals surface area contributed by atoms with Crippen LogP contribution in [0.2, 0.25) is 0 Å². The molecule has 2 nitrogen and oxygen atoms in total. The van der Waals surface area contributed by atoms with Crippen LogP contribution in [0.4, 0.5) is 0 Å². The Morgan fingerprint density at radius 2 is 2.45 bits per heavy atom. The van der Waals surface area contributed by atoms with Crippen LogP contribution >= 0.6 is 11.8 Å². The molecule has 0 aromatic rings. The van der Waals surface area contributed by atoms with Crippen LogP contribution in [0.1, 0.15) is 32.1 Å². The van der Waals surface area contributed by atoms with E-state index in [9.17, 15) is 4.79 Å². The van der Waals surface area contributed by atoms with Crippen LogP contribution in [0.25, 0.3) is 0 Å². The van der Waals surface area contributed by atoms with Crippen LogP contribution in [-0.4, -0.2) is 22.1 Å². The van der Waals surface area contributed by atoms with Gasteiger partial charge in [0.15, 0.2) is 0 Å². The fraction of sp³-hybridized carbons (Fsp3) is 0.875. The lowest BCUT2D eigenvalue weighted by Crippen LogP contribution is -1.99. The number of aliphatic carboxylic acids is 1. The molecular weight excluding hydrogens is 160 g/mol. The van der Waals surface area contributed by atoms with Crippen molar-refractivity contribution in [3.05, 3.63) is 0 Å². The average molecular weight is 174 g/mol. The van der Waals surface area contributed by atoms with E-state index in [-0.39, 0.29) is 0 Å². The van der Waals surface area contributed by atoms with E-state index in [2.05, 4.69) is 0 Å². The van der Waals surface area contributed by atoms with E-state index in [0.717, 1.165) is 18.1 Å². The normalized spacial score (nSPS) is 23.8. The fourth-order valence-electron chi connectivity index (χ4n) is 1.35. The first-order valence-corrected chi connectivity index (χ1v) is 5.17. The first kappa shape index (κ1) is 8.91. The van der Waals surface area contributed by atoms with Crippen molar-refractivity contribution in [3.63, 3.8) is 0 Å². The molecule has 1 aliphatic rings. The summed E-state index contributed by atoms with van der Waals surface area (Å²) >= 11 is 2.00. The molecule has 0 aromatic carbocycles. The third-order valence-electron chi connectivity index (χ3n) is 1.94. The number of carboxylic acid groups (broad SMARTS) is 1.